The molecule has 0 radical (unpaired) electrons. The molecule has 6 nitrogen and oxygen atoms in total. The lowest BCUT2D eigenvalue weighted by molar-refractivity contribution is 0.348. The highest BCUT2D eigenvalue weighted by atomic mass is 32.2. The average molecular weight is 354 g/mol. The van der Waals surface area contributed by atoms with E-state index in [0.29, 0.717) is 13.1 Å². The SMILES string of the molecule is N#CC(=CN1CCN(c2ccccc2)CC1)S(=O)(=O)c1ccccn1. The first-order valence-electron chi connectivity index (χ1n) is 7.93. The molecule has 1 aliphatic heterocycles. The smallest absolute Gasteiger partial charge is 0.235 e. The molecule has 2 aromatic rings. The fraction of sp³-hybridized carbons (Fsp3) is 0.222. The first-order chi connectivity index (χ1) is 12.1. The predicted molar refractivity (Wildman–Crippen MR) is 95.3 cm³/mol. The molecule has 1 saturated heterocycles. The van der Waals surface area contributed by atoms with Gasteiger partial charge < -0.3 is 9.80 Å². The second-order valence-electron chi connectivity index (χ2n) is 5.64. The lowest BCUT2D eigenvalue weighted by Crippen LogP contribution is -2.44. The van der Waals surface area contributed by atoms with Crippen LogP contribution in [-0.2, 0) is 9.84 Å². The van der Waals surface area contributed by atoms with Crippen LogP contribution in [-0.4, -0.2) is 44.5 Å². The molecule has 1 aromatic heterocycles. The van der Waals surface area contributed by atoms with E-state index in [0.717, 1.165) is 18.8 Å². The second-order valence-corrected chi connectivity index (χ2v) is 7.50. The lowest BCUT2D eigenvalue weighted by Gasteiger charge is -2.35. The standard InChI is InChI=1S/C18H18N4O2S/c19-14-17(25(23,24)18-8-4-5-9-20-18)15-21-10-12-22(13-11-21)16-6-2-1-3-7-16/h1-9,15H,10-13H2. The molecule has 0 aliphatic carbocycles. The number of aromatic nitrogens is 1. The fourth-order valence-electron chi connectivity index (χ4n) is 2.69. The third-order valence-electron chi connectivity index (χ3n) is 4.05. The molecule has 1 fully saturated rings. The number of nitrogens with zero attached hydrogens (tertiary/aromatic N) is 4. The minimum Gasteiger partial charge on any atom is -0.372 e. The van der Waals surface area contributed by atoms with Gasteiger partial charge in [-0.25, -0.2) is 13.4 Å². The van der Waals surface area contributed by atoms with Crippen LogP contribution in [0.15, 0.2) is 70.9 Å². The minimum absolute atomic E-state index is 0.106. The van der Waals surface area contributed by atoms with Gasteiger partial charge in [0.2, 0.25) is 9.84 Å². The summed E-state index contributed by atoms with van der Waals surface area (Å²) in [5.41, 5.74) is 1.15. The van der Waals surface area contributed by atoms with Crippen LogP contribution in [0.2, 0.25) is 0 Å². The Hall–Kier alpha value is -2.85. The molecule has 0 saturated carbocycles. The van der Waals surface area contributed by atoms with Crippen molar-refractivity contribution >= 4 is 15.5 Å². The van der Waals surface area contributed by atoms with E-state index in [4.69, 9.17) is 0 Å². The van der Waals surface area contributed by atoms with E-state index >= 15 is 0 Å². The van der Waals surface area contributed by atoms with Crippen molar-refractivity contribution in [3.63, 3.8) is 0 Å². The summed E-state index contributed by atoms with van der Waals surface area (Å²) in [5, 5.41) is 9.22. The van der Waals surface area contributed by atoms with Crippen LogP contribution in [0.3, 0.4) is 0 Å². The van der Waals surface area contributed by atoms with Crippen LogP contribution in [0, 0.1) is 11.3 Å². The van der Waals surface area contributed by atoms with E-state index < -0.39 is 9.84 Å². The summed E-state index contributed by atoms with van der Waals surface area (Å²) < 4.78 is 25.1. The van der Waals surface area contributed by atoms with E-state index in [1.54, 1.807) is 12.1 Å². The van der Waals surface area contributed by atoms with Crippen molar-refractivity contribution in [2.45, 2.75) is 5.03 Å². The first kappa shape index (κ1) is 17.0. The van der Waals surface area contributed by atoms with Crippen molar-refractivity contribution < 1.29 is 8.42 Å². The normalized spacial score (nSPS) is 15.7. The summed E-state index contributed by atoms with van der Waals surface area (Å²) >= 11 is 0. The number of hydrogen-bond donors (Lipinski definition) is 0. The largest absolute Gasteiger partial charge is 0.372 e. The summed E-state index contributed by atoms with van der Waals surface area (Å²) in [6, 6.07) is 16.5. The molecule has 1 aromatic carbocycles. The van der Waals surface area contributed by atoms with Crippen molar-refractivity contribution in [1.29, 1.82) is 5.26 Å². The Kier molecular flexibility index (Phi) is 5.00. The number of sulfone groups is 1. The van der Waals surface area contributed by atoms with Gasteiger partial charge in [0.15, 0.2) is 9.93 Å². The Morgan fingerprint density at radius 2 is 1.72 bits per heavy atom. The maximum Gasteiger partial charge on any atom is 0.235 e. The highest BCUT2D eigenvalue weighted by Crippen LogP contribution is 2.19. The molecule has 0 unspecified atom stereocenters. The van der Waals surface area contributed by atoms with Gasteiger partial charge in [0, 0.05) is 44.3 Å². The van der Waals surface area contributed by atoms with Gasteiger partial charge in [0.05, 0.1) is 0 Å². The Morgan fingerprint density at radius 3 is 2.32 bits per heavy atom. The third kappa shape index (κ3) is 3.80. The monoisotopic (exact) mass is 354 g/mol. The fourth-order valence-corrected chi connectivity index (χ4v) is 3.78. The van der Waals surface area contributed by atoms with Gasteiger partial charge in [0.1, 0.15) is 6.07 Å². The second kappa shape index (κ2) is 7.36. The van der Waals surface area contributed by atoms with Crippen molar-refractivity contribution in [3.8, 4) is 6.07 Å². The highest BCUT2D eigenvalue weighted by Gasteiger charge is 2.24. The zero-order chi connectivity index (χ0) is 17.7. The van der Waals surface area contributed by atoms with Crippen molar-refractivity contribution in [2.75, 3.05) is 31.1 Å². The van der Waals surface area contributed by atoms with E-state index in [9.17, 15) is 13.7 Å². The van der Waals surface area contributed by atoms with Gasteiger partial charge in [-0.05, 0) is 24.3 Å². The van der Waals surface area contributed by atoms with Crippen molar-refractivity contribution in [3.05, 3.63) is 65.8 Å². The predicted octanol–water partition coefficient (Wildman–Crippen LogP) is 2.04. The maximum absolute atomic E-state index is 12.5. The Bertz CT molecular complexity index is 882. The highest BCUT2D eigenvalue weighted by molar-refractivity contribution is 7.95. The molecule has 0 bridgehead atoms. The van der Waals surface area contributed by atoms with Gasteiger partial charge in [-0.1, -0.05) is 24.3 Å². The van der Waals surface area contributed by atoms with Gasteiger partial charge in [0.25, 0.3) is 0 Å². The number of pyridine rings is 1. The van der Waals surface area contributed by atoms with Crippen LogP contribution >= 0.6 is 0 Å². The molecule has 128 valence electrons. The van der Waals surface area contributed by atoms with Crippen molar-refractivity contribution in [1.82, 2.24) is 9.88 Å². The number of allylic oxidation sites excluding steroid dienone is 1. The van der Waals surface area contributed by atoms with Crippen LogP contribution in [0.5, 0.6) is 0 Å². The van der Waals surface area contributed by atoms with E-state index in [1.807, 2.05) is 29.2 Å². The Balaban J connectivity index is 1.73. The van der Waals surface area contributed by atoms with Gasteiger partial charge in [-0.3, -0.25) is 0 Å². The molecule has 2 heterocycles. The molecular formula is C18H18N4O2S. The summed E-state index contributed by atoms with van der Waals surface area (Å²) in [6.07, 6.45) is 2.84. The average Bonchev–Trinajstić information content (AvgIpc) is 2.68. The van der Waals surface area contributed by atoms with Crippen LogP contribution in [0.1, 0.15) is 0 Å². The molecule has 0 spiro atoms. The van der Waals surface area contributed by atoms with Gasteiger partial charge >= 0.3 is 0 Å². The summed E-state index contributed by atoms with van der Waals surface area (Å²) in [5.74, 6) is 0. The van der Waals surface area contributed by atoms with E-state index in [2.05, 4.69) is 22.0 Å². The Morgan fingerprint density at radius 1 is 1.04 bits per heavy atom. The zero-order valence-electron chi connectivity index (χ0n) is 13.6. The quantitative estimate of drug-likeness (QED) is 0.782. The molecular weight excluding hydrogens is 336 g/mol. The first-order valence-corrected chi connectivity index (χ1v) is 9.41. The number of nitriles is 1. The molecule has 25 heavy (non-hydrogen) atoms. The lowest BCUT2D eigenvalue weighted by atomic mass is 10.2. The van der Waals surface area contributed by atoms with Gasteiger partial charge in [-0.2, -0.15) is 5.26 Å². The molecule has 7 heteroatoms. The molecule has 0 amide bonds. The zero-order valence-corrected chi connectivity index (χ0v) is 14.4. The number of piperazine rings is 1. The third-order valence-corrected chi connectivity index (χ3v) is 5.62. The minimum atomic E-state index is -3.88. The number of benzene rings is 1. The van der Waals surface area contributed by atoms with Gasteiger partial charge in [-0.15, -0.1) is 0 Å². The van der Waals surface area contributed by atoms with Crippen LogP contribution < -0.4 is 4.90 Å². The number of hydrogen-bond acceptors (Lipinski definition) is 6. The topological polar surface area (TPSA) is 77.3 Å². The summed E-state index contributed by atoms with van der Waals surface area (Å²) in [4.78, 5) is 7.69. The number of anilines is 1. The number of rotatable bonds is 4. The summed E-state index contributed by atoms with van der Waals surface area (Å²) in [6.45, 7) is 2.83. The molecule has 0 atom stereocenters. The van der Waals surface area contributed by atoms with Crippen LogP contribution in [0.4, 0.5) is 5.69 Å². The Labute approximate surface area is 147 Å². The molecule has 1 aliphatic rings. The van der Waals surface area contributed by atoms with E-state index in [-0.39, 0.29) is 9.93 Å². The van der Waals surface area contributed by atoms with Crippen LogP contribution in [0.25, 0.3) is 0 Å². The number of para-hydroxylation sites is 1. The molecule has 3 rings (SSSR count). The summed E-state index contributed by atoms with van der Waals surface area (Å²) in [7, 11) is -3.88. The molecule has 0 N–H and O–H groups in total. The van der Waals surface area contributed by atoms with E-state index in [1.165, 1.54) is 18.5 Å². The van der Waals surface area contributed by atoms with Crippen molar-refractivity contribution in [2.24, 2.45) is 0 Å². The maximum atomic E-state index is 12.5.